The molecule has 0 unspecified atom stereocenters. The average molecular weight is 299 g/mol. The number of hydrogen-bond acceptors (Lipinski definition) is 3. The quantitative estimate of drug-likeness (QED) is 0.672. The van der Waals surface area contributed by atoms with Gasteiger partial charge in [0.1, 0.15) is 11.8 Å². The van der Waals surface area contributed by atoms with Crippen LogP contribution in [-0.4, -0.2) is 9.97 Å². The van der Waals surface area contributed by atoms with Gasteiger partial charge in [-0.05, 0) is 23.8 Å². The molecule has 0 saturated heterocycles. The van der Waals surface area contributed by atoms with Crippen LogP contribution in [0.15, 0.2) is 79.1 Å². The van der Waals surface area contributed by atoms with E-state index in [0.717, 1.165) is 5.56 Å². The van der Waals surface area contributed by atoms with Crippen molar-refractivity contribution >= 4 is 11.6 Å². The molecule has 0 N–H and O–H groups in total. The number of halogens is 1. The molecule has 0 aliphatic carbocycles. The molecule has 0 aliphatic rings. The van der Waals surface area contributed by atoms with E-state index in [0.29, 0.717) is 17.6 Å². The van der Waals surface area contributed by atoms with Gasteiger partial charge >= 0.3 is 0 Å². The van der Waals surface area contributed by atoms with Crippen molar-refractivity contribution in [1.29, 1.82) is 0 Å². The third-order valence-corrected chi connectivity index (χ3v) is 2.72. The summed E-state index contributed by atoms with van der Waals surface area (Å²) in [5, 5.41) is 0.544. The Morgan fingerprint density at radius 3 is 1.95 bits per heavy atom. The van der Waals surface area contributed by atoms with E-state index in [9.17, 15) is 0 Å². The molecular weight excluding hydrogens is 284 g/mol. The Balaban J connectivity index is 0.000000194. The fraction of sp³-hybridized carbons (Fsp3) is 0.0588. The Morgan fingerprint density at radius 1 is 0.762 bits per heavy atom. The molecule has 3 rings (SSSR count). The molecule has 3 aromatic rings. The minimum Gasteiger partial charge on any atom is -0.473 e. The summed E-state index contributed by atoms with van der Waals surface area (Å²) in [7, 11) is 0. The van der Waals surface area contributed by atoms with Gasteiger partial charge in [-0.1, -0.05) is 54.1 Å². The first kappa shape index (κ1) is 15.0. The monoisotopic (exact) mass is 298 g/mol. The third-order valence-electron chi connectivity index (χ3n) is 2.50. The summed E-state index contributed by atoms with van der Waals surface area (Å²) in [4.78, 5) is 7.82. The molecule has 0 atom stereocenters. The maximum Gasteiger partial charge on any atom is 0.213 e. The molecule has 2 heterocycles. The molecule has 3 nitrogen and oxygen atoms in total. The summed E-state index contributed by atoms with van der Waals surface area (Å²) in [5.41, 5.74) is 1.15. The number of ether oxygens (including phenoxy) is 1. The van der Waals surface area contributed by atoms with Crippen LogP contribution in [0.3, 0.4) is 0 Å². The van der Waals surface area contributed by atoms with Gasteiger partial charge in [0, 0.05) is 18.5 Å². The van der Waals surface area contributed by atoms with Gasteiger partial charge in [-0.3, -0.25) is 0 Å². The van der Waals surface area contributed by atoms with Gasteiger partial charge < -0.3 is 4.74 Å². The van der Waals surface area contributed by atoms with Gasteiger partial charge in [0.05, 0.1) is 0 Å². The van der Waals surface area contributed by atoms with Gasteiger partial charge in [0.15, 0.2) is 0 Å². The predicted molar refractivity (Wildman–Crippen MR) is 84.3 cm³/mol. The topological polar surface area (TPSA) is 35.0 Å². The van der Waals surface area contributed by atoms with Gasteiger partial charge in [-0.15, -0.1) is 0 Å². The van der Waals surface area contributed by atoms with E-state index in [-0.39, 0.29) is 0 Å². The Labute approximate surface area is 129 Å². The number of nitrogens with zero attached hydrogens (tertiary/aromatic N) is 2. The van der Waals surface area contributed by atoms with Crippen LogP contribution in [0.1, 0.15) is 5.56 Å². The molecule has 0 spiro atoms. The van der Waals surface area contributed by atoms with E-state index in [1.54, 1.807) is 18.5 Å². The summed E-state index contributed by atoms with van der Waals surface area (Å²) in [6.07, 6.45) is 3.38. The minimum atomic E-state index is 0.544. The van der Waals surface area contributed by atoms with Crippen LogP contribution in [0.5, 0.6) is 5.88 Å². The lowest BCUT2D eigenvalue weighted by molar-refractivity contribution is 0.294. The van der Waals surface area contributed by atoms with E-state index >= 15 is 0 Å². The smallest absolute Gasteiger partial charge is 0.213 e. The van der Waals surface area contributed by atoms with E-state index in [1.165, 1.54) is 0 Å². The fourth-order valence-electron chi connectivity index (χ4n) is 1.51. The normalized spacial score (nSPS) is 9.38. The largest absolute Gasteiger partial charge is 0.473 e. The second kappa shape index (κ2) is 8.72. The minimum absolute atomic E-state index is 0.544. The van der Waals surface area contributed by atoms with Crippen molar-refractivity contribution in [1.82, 2.24) is 9.97 Å². The van der Waals surface area contributed by atoms with E-state index < -0.39 is 0 Å². The molecule has 2 aromatic heterocycles. The summed E-state index contributed by atoms with van der Waals surface area (Å²) in [6.45, 7) is 0.567. The Bertz CT molecular complexity index is 579. The molecule has 4 heteroatoms. The zero-order valence-electron chi connectivity index (χ0n) is 11.4. The summed E-state index contributed by atoms with van der Waals surface area (Å²) in [5.74, 6) is 0.663. The maximum atomic E-state index is 5.48. The first-order chi connectivity index (χ1) is 10.3. The lowest BCUT2D eigenvalue weighted by Crippen LogP contribution is -1.95. The van der Waals surface area contributed by atoms with Crippen molar-refractivity contribution < 1.29 is 4.74 Å². The summed E-state index contributed by atoms with van der Waals surface area (Å²) >= 11 is 5.43. The van der Waals surface area contributed by atoms with E-state index in [2.05, 4.69) is 9.97 Å². The molecule has 0 saturated carbocycles. The van der Waals surface area contributed by atoms with Crippen molar-refractivity contribution in [2.24, 2.45) is 0 Å². The van der Waals surface area contributed by atoms with Crippen molar-refractivity contribution in [3.05, 3.63) is 89.8 Å². The molecule has 106 valence electrons. The first-order valence-corrected chi connectivity index (χ1v) is 6.86. The Hall–Kier alpha value is -2.39. The second-order valence-electron chi connectivity index (χ2n) is 4.09. The lowest BCUT2D eigenvalue weighted by atomic mass is 10.2. The number of rotatable bonds is 3. The van der Waals surface area contributed by atoms with Gasteiger partial charge in [-0.25, -0.2) is 9.97 Å². The van der Waals surface area contributed by atoms with Gasteiger partial charge in [0.25, 0.3) is 0 Å². The molecule has 0 bridgehead atoms. The highest BCUT2D eigenvalue weighted by Crippen LogP contribution is 2.07. The van der Waals surface area contributed by atoms with Gasteiger partial charge in [0.2, 0.25) is 5.88 Å². The molecule has 1 aromatic carbocycles. The van der Waals surface area contributed by atoms with Crippen LogP contribution < -0.4 is 4.74 Å². The van der Waals surface area contributed by atoms with Crippen molar-refractivity contribution in [2.75, 3.05) is 0 Å². The number of benzene rings is 1. The molecule has 0 radical (unpaired) electrons. The Kier molecular flexibility index (Phi) is 6.23. The van der Waals surface area contributed by atoms with Gasteiger partial charge in [-0.2, -0.15) is 0 Å². The highest BCUT2D eigenvalue weighted by atomic mass is 35.5. The molecule has 21 heavy (non-hydrogen) atoms. The maximum absolute atomic E-state index is 5.48. The van der Waals surface area contributed by atoms with Crippen LogP contribution in [0.2, 0.25) is 5.15 Å². The van der Waals surface area contributed by atoms with Crippen LogP contribution >= 0.6 is 11.6 Å². The highest BCUT2D eigenvalue weighted by molar-refractivity contribution is 6.29. The van der Waals surface area contributed by atoms with Crippen molar-refractivity contribution in [3.8, 4) is 5.88 Å². The molecule has 0 amide bonds. The Morgan fingerprint density at radius 2 is 1.43 bits per heavy atom. The summed E-state index contributed by atoms with van der Waals surface area (Å²) < 4.78 is 5.48. The molecule has 0 aliphatic heterocycles. The zero-order valence-corrected chi connectivity index (χ0v) is 12.1. The van der Waals surface area contributed by atoms with E-state index in [4.69, 9.17) is 16.3 Å². The van der Waals surface area contributed by atoms with Crippen LogP contribution in [0, 0.1) is 0 Å². The third kappa shape index (κ3) is 6.06. The van der Waals surface area contributed by atoms with E-state index in [1.807, 2.05) is 60.7 Å². The van der Waals surface area contributed by atoms with Crippen LogP contribution in [0.25, 0.3) is 0 Å². The second-order valence-corrected chi connectivity index (χ2v) is 4.48. The van der Waals surface area contributed by atoms with Crippen molar-refractivity contribution in [3.63, 3.8) is 0 Å². The van der Waals surface area contributed by atoms with Crippen LogP contribution in [0.4, 0.5) is 0 Å². The fourth-order valence-corrected chi connectivity index (χ4v) is 1.63. The summed E-state index contributed by atoms with van der Waals surface area (Å²) in [6, 6.07) is 21.1. The highest BCUT2D eigenvalue weighted by Gasteiger charge is 1.93. The molecular formula is C17H15ClN2O. The predicted octanol–water partition coefficient (Wildman–Crippen LogP) is 4.40. The number of pyridine rings is 2. The average Bonchev–Trinajstić information content (AvgIpc) is 2.56. The van der Waals surface area contributed by atoms with Crippen LogP contribution in [-0.2, 0) is 6.61 Å². The number of hydrogen-bond donors (Lipinski definition) is 0. The first-order valence-electron chi connectivity index (χ1n) is 6.49. The molecule has 0 fully saturated rings. The van der Waals surface area contributed by atoms with Crippen molar-refractivity contribution in [2.45, 2.75) is 6.61 Å². The lowest BCUT2D eigenvalue weighted by Gasteiger charge is -2.03. The zero-order chi connectivity index (χ0) is 14.8. The SMILES string of the molecule is Clc1ccccn1.c1ccc(COc2ccccn2)cc1. The standard InChI is InChI=1S/C12H11NO.C5H4ClN/c1-2-6-11(7-3-1)10-14-12-8-4-5-9-13-12;6-5-3-1-2-4-7-5/h1-9H,10H2;1-4H. The number of aromatic nitrogens is 2.